The molecule has 66 valence electrons. The molecule has 0 aromatic carbocycles. The Hall–Kier alpha value is -1.04. The summed E-state index contributed by atoms with van der Waals surface area (Å²) in [6, 6.07) is 0. The van der Waals surface area contributed by atoms with E-state index in [1.54, 1.807) is 0 Å². The molecule has 0 unspecified atom stereocenters. The summed E-state index contributed by atoms with van der Waals surface area (Å²) in [7, 11) is 1.33. The van der Waals surface area contributed by atoms with Crippen molar-refractivity contribution in [2.24, 2.45) is 7.05 Å². The Morgan fingerprint density at radius 1 is 1.58 bits per heavy atom. The smallest absolute Gasteiger partial charge is 0.274 e. The van der Waals surface area contributed by atoms with E-state index in [0.29, 0.717) is 0 Å². The van der Waals surface area contributed by atoms with E-state index in [-0.39, 0.29) is 0 Å². The van der Waals surface area contributed by atoms with E-state index >= 15 is 0 Å². The molecule has 0 amide bonds. The molecule has 0 atom stereocenters. The largest absolute Gasteiger partial charge is 0.284 e. The third kappa shape index (κ3) is 1.58. The van der Waals surface area contributed by atoms with Crippen molar-refractivity contribution in [3.8, 4) is 0 Å². The fourth-order valence-electron chi connectivity index (χ4n) is 0.709. The van der Waals surface area contributed by atoms with E-state index in [2.05, 4.69) is 10.2 Å². The molecule has 7 heteroatoms. The summed E-state index contributed by atoms with van der Waals surface area (Å²) in [6.07, 6.45) is -2.84. The molecule has 0 N–H and O–H groups in total. The maximum atomic E-state index is 12.1. The van der Waals surface area contributed by atoms with Gasteiger partial charge in [-0.2, -0.15) is 9.90 Å². The molecule has 0 saturated carbocycles. The van der Waals surface area contributed by atoms with Crippen LogP contribution in [0.15, 0.2) is 0 Å². The normalized spacial score (nSPS) is 10.8. The molecule has 0 aliphatic carbocycles. The molecule has 1 aromatic rings. The average molecular weight is 196 g/mol. The molecule has 1 rings (SSSR count). The van der Waals surface area contributed by atoms with Crippen molar-refractivity contribution in [2.45, 2.75) is 6.43 Å². The molecular weight excluding hydrogens is 192 g/mol. The zero-order chi connectivity index (χ0) is 9.30. The molecule has 12 heavy (non-hydrogen) atoms. The fourth-order valence-corrected chi connectivity index (χ4v) is 0.843. The standard InChI is InChI=1S/C5H4ClF2N3O/c1-11-9-2(4(6)12)3(10-11)5(7)8/h5H,1H3. The third-order valence-corrected chi connectivity index (χ3v) is 1.31. The maximum absolute atomic E-state index is 12.1. The van der Waals surface area contributed by atoms with E-state index in [0.717, 1.165) is 4.80 Å². The zero-order valence-corrected chi connectivity index (χ0v) is 6.72. The number of hydrogen-bond donors (Lipinski definition) is 0. The van der Waals surface area contributed by atoms with Crippen molar-refractivity contribution >= 4 is 16.8 Å². The summed E-state index contributed by atoms with van der Waals surface area (Å²) < 4.78 is 24.1. The first-order chi connectivity index (χ1) is 5.52. The van der Waals surface area contributed by atoms with Crippen LogP contribution in [-0.4, -0.2) is 20.2 Å². The number of aromatic nitrogens is 3. The van der Waals surface area contributed by atoms with Crippen LogP contribution in [0.25, 0.3) is 0 Å². The van der Waals surface area contributed by atoms with Crippen LogP contribution in [0, 0.1) is 0 Å². The van der Waals surface area contributed by atoms with Crippen molar-refractivity contribution in [1.82, 2.24) is 15.0 Å². The van der Waals surface area contributed by atoms with Gasteiger partial charge in [-0.25, -0.2) is 8.78 Å². The minimum absolute atomic E-state index is 0.492. The van der Waals surface area contributed by atoms with E-state index in [1.165, 1.54) is 7.05 Å². The van der Waals surface area contributed by atoms with Crippen LogP contribution in [-0.2, 0) is 7.05 Å². The van der Waals surface area contributed by atoms with Crippen LogP contribution in [0.3, 0.4) is 0 Å². The van der Waals surface area contributed by atoms with Crippen LogP contribution in [0.2, 0.25) is 0 Å². The Labute approximate surface area is 71.1 Å². The van der Waals surface area contributed by atoms with E-state index in [9.17, 15) is 13.6 Å². The summed E-state index contributed by atoms with van der Waals surface area (Å²) in [6.45, 7) is 0. The van der Waals surface area contributed by atoms with Crippen molar-refractivity contribution in [2.75, 3.05) is 0 Å². The number of carbonyl (C=O) groups is 1. The summed E-state index contributed by atoms with van der Waals surface area (Å²) in [5, 5.41) is 5.63. The van der Waals surface area contributed by atoms with E-state index < -0.39 is 23.1 Å². The highest BCUT2D eigenvalue weighted by molar-refractivity contribution is 6.67. The molecule has 1 aromatic heterocycles. The highest BCUT2D eigenvalue weighted by atomic mass is 35.5. The molecule has 1 heterocycles. The summed E-state index contributed by atoms with van der Waals surface area (Å²) >= 11 is 4.98. The van der Waals surface area contributed by atoms with Crippen LogP contribution in [0.1, 0.15) is 22.6 Å². The summed E-state index contributed by atoms with van der Waals surface area (Å²) in [4.78, 5) is 11.4. The first-order valence-corrected chi connectivity index (χ1v) is 3.29. The Kier molecular flexibility index (Phi) is 2.37. The zero-order valence-electron chi connectivity index (χ0n) is 5.96. The van der Waals surface area contributed by atoms with Gasteiger partial charge in [0.15, 0.2) is 11.4 Å². The highest BCUT2D eigenvalue weighted by Crippen LogP contribution is 2.19. The Morgan fingerprint density at radius 2 is 2.17 bits per heavy atom. The average Bonchev–Trinajstić information content (AvgIpc) is 2.31. The molecule has 0 spiro atoms. The molecule has 0 saturated heterocycles. The monoisotopic (exact) mass is 195 g/mol. The number of nitrogens with zero attached hydrogens (tertiary/aromatic N) is 3. The second-order valence-corrected chi connectivity index (χ2v) is 2.34. The minimum atomic E-state index is -2.84. The number of aryl methyl sites for hydroxylation is 1. The number of carbonyl (C=O) groups excluding carboxylic acids is 1. The van der Waals surface area contributed by atoms with E-state index in [1.807, 2.05) is 0 Å². The summed E-state index contributed by atoms with van der Waals surface area (Å²) in [5.41, 5.74) is -1.17. The van der Waals surface area contributed by atoms with Gasteiger partial charge in [0.1, 0.15) is 0 Å². The SMILES string of the molecule is Cn1nc(C(=O)Cl)c(C(F)F)n1. The fraction of sp³-hybridized carbons (Fsp3) is 0.400. The van der Waals surface area contributed by atoms with Gasteiger partial charge in [-0.1, -0.05) is 0 Å². The Balaban J connectivity index is 3.17. The van der Waals surface area contributed by atoms with Gasteiger partial charge in [-0.15, -0.1) is 5.10 Å². The van der Waals surface area contributed by atoms with Gasteiger partial charge in [0.05, 0.1) is 0 Å². The molecular formula is C5H4ClF2N3O. The summed E-state index contributed by atoms with van der Waals surface area (Å²) in [5.74, 6) is 0. The number of halogens is 3. The molecule has 0 aliphatic heterocycles. The lowest BCUT2D eigenvalue weighted by molar-refractivity contribution is 0.106. The number of hydrogen-bond acceptors (Lipinski definition) is 3. The first kappa shape index (κ1) is 9.05. The lowest BCUT2D eigenvalue weighted by atomic mass is 10.3. The second-order valence-electron chi connectivity index (χ2n) is 2.00. The van der Waals surface area contributed by atoms with Crippen LogP contribution in [0.4, 0.5) is 8.78 Å². The number of rotatable bonds is 2. The molecule has 0 radical (unpaired) electrons. The Bertz CT molecular complexity index is 312. The van der Waals surface area contributed by atoms with Crippen LogP contribution >= 0.6 is 11.6 Å². The first-order valence-electron chi connectivity index (χ1n) is 2.91. The lowest BCUT2D eigenvalue weighted by Gasteiger charge is -1.91. The third-order valence-electron chi connectivity index (χ3n) is 1.13. The molecule has 0 bridgehead atoms. The van der Waals surface area contributed by atoms with Crippen molar-refractivity contribution < 1.29 is 13.6 Å². The minimum Gasteiger partial charge on any atom is -0.274 e. The van der Waals surface area contributed by atoms with Gasteiger partial charge >= 0.3 is 0 Å². The van der Waals surface area contributed by atoms with Gasteiger partial charge in [-0.3, -0.25) is 4.79 Å². The topological polar surface area (TPSA) is 47.8 Å². The van der Waals surface area contributed by atoms with Gasteiger partial charge in [0, 0.05) is 7.05 Å². The second kappa shape index (κ2) is 3.14. The van der Waals surface area contributed by atoms with Crippen molar-refractivity contribution in [1.29, 1.82) is 0 Å². The van der Waals surface area contributed by atoms with Crippen molar-refractivity contribution in [3.05, 3.63) is 11.4 Å². The van der Waals surface area contributed by atoms with Gasteiger partial charge in [0.25, 0.3) is 11.7 Å². The van der Waals surface area contributed by atoms with Gasteiger partial charge in [0.2, 0.25) is 0 Å². The van der Waals surface area contributed by atoms with E-state index in [4.69, 9.17) is 11.6 Å². The van der Waals surface area contributed by atoms with Crippen LogP contribution < -0.4 is 0 Å². The quantitative estimate of drug-likeness (QED) is 0.665. The molecule has 0 fully saturated rings. The van der Waals surface area contributed by atoms with Gasteiger partial charge < -0.3 is 0 Å². The predicted octanol–water partition coefficient (Wildman–Crippen LogP) is 1.13. The predicted molar refractivity (Wildman–Crippen MR) is 36.1 cm³/mol. The van der Waals surface area contributed by atoms with Crippen molar-refractivity contribution in [3.63, 3.8) is 0 Å². The van der Waals surface area contributed by atoms with Crippen LogP contribution in [0.5, 0.6) is 0 Å². The molecule has 0 aliphatic rings. The van der Waals surface area contributed by atoms with Gasteiger partial charge in [-0.05, 0) is 11.6 Å². The lowest BCUT2D eigenvalue weighted by Crippen LogP contribution is -1.96. The number of alkyl halides is 2. The highest BCUT2D eigenvalue weighted by Gasteiger charge is 2.22. The maximum Gasteiger partial charge on any atom is 0.284 e. The Morgan fingerprint density at radius 3 is 2.50 bits per heavy atom. The molecule has 4 nitrogen and oxygen atoms in total.